The Bertz CT molecular complexity index is 192. The molecular formula is C12H23NO. The number of likely N-dealkylation sites (tertiary alicyclic amines) is 1. The molecule has 14 heavy (non-hydrogen) atoms. The number of rotatable bonds is 5. The Labute approximate surface area is 87.7 Å². The first-order valence-electron chi connectivity index (χ1n) is 5.74. The van der Waals surface area contributed by atoms with E-state index in [1.54, 1.807) is 0 Å². The quantitative estimate of drug-likeness (QED) is 0.673. The second-order valence-electron chi connectivity index (χ2n) is 5.37. The van der Waals surface area contributed by atoms with Crippen LogP contribution in [0.15, 0.2) is 0 Å². The maximum Gasteiger partial charge on any atom is 0.138 e. The third-order valence-corrected chi connectivity index (χ3v) is 2.65. The molecule has 0 aromatic carbocycles. The van der Waals surface area contributed by atoms with Crippen molar-refractivity contribution < 1.29 is 4.79 Å². The fourth-order valence-electron chi connectivity index (χ4n) is 2.01. The van der Waals surface area contributed by atoms with Gasteiger partial charge in [-0.2, -0.15) is 0 Å². The van der Waals surface area contributed by atoms with Crippen molar-refractivity contribution in [2.45, 2.75) is 34.1 Å². The van der Waals surface area contributed by atoms with Gasteiger partial charge in [0, 0.05) is 32.0 Å². The van der Waals surface area contributed by atoms with Gasteiger partial charge in [-0.3, -0.25) is 4.79 Å². The van der Waals surface area contributed by atoms with Gasteiger partial charge in [0.25, 0.3) is 0 Å². The van der Waals surface area contributed by atoms with E-state index < -0.39 is 0 Å². The van der Waals surface area contributed by atoms with Gasteiger partial charge in [0.05, 0.1) is 0 Å². The molecule has 0 aromatic heterocycles. The number of hydrogen-bond donors (Lipinski definition) is 0. The lowest BCUT2D eigenvalue weighted by atomic mass is 9.89. The van der Waals surface area contributed by atoms with Crippen LogP contribution in [0.4, 0.5) is 0 Å². The fourth-order valence-corrected chi connectivity index (χ4v) is 2.01. The van der Waals surface area contributed by atoms with Gasteiger partial charge < -0.3 is 4.90 Å². The zero-order valence-corrected chi connectivity index (χ0v) is 9.92. The first-order valence-corrected chi connectivity index (χ1v) is 5.74. The largest absolute Gasteiger partial charge is 0.302 e. The van der Waals surface area contributed by atoms with Crippen LogP contribution in [0.25, 0.3) is 0 Å². The van der Waals surface area contributed by atoms with Crippen LogP contribution in [0.3, 0.4) is 0 Å². The van der Waals surface area contributed by atoms with Gasteiger partial charge in [0.2, 0.25) is 0 Å². The van der Waals surface area contributed by atoms with Crippen LogP contribution in [0, 0.1) is 17.8 Å². The van der Waals surface area contributed by atoms with E-state index in [-0.39, 0.29) is 0 Å². The first kappa shape index (κ1) is 11.7. The molecule has 0 saturated carbocycles. The number of ketones is 1. The molecule has 0 spiro atoms. The fraction of sp³-hybridized carbons (Fsp3) is 0.917. The van der Waals surface area contributed by atoms with Crippen molar-refractivity contribution in [1.82, 2.24) is 4.90 Å². The Balaban J connectivity index is 2.17. The molecule has 0 aliphatic carbocycles. The maximum atomic E-state index is 11.6. The van der Waals surface area contributed by atoms with E-state index in [0.29, 0.717) is 17.6 Å². The monoisotopic (exact) mass is 197 g/mol. The lowest BCUT2D eigenvalue weighted by Gasteiger charge is -2.39. The zero-order chi connectivity index (χ0) is 10.7. The Hall–Kier alpha value is -0.370. The number of nitrogens with zero attached hydrogens (tertiary/aromatic N) is 1. The highest BCUT2D eigenvalue weighted by molar-refractivity contribution is 5.82. The molecule has 0 unspecified atom stereocenters. The molecule has 0 N–H and O–H groups in total. The van der Waals surface area contributed by atoms with Gasteiger partial charge in [-0.1, -0.05) is 27.7 Å². The van der Waals surface area contributed by atoms with E-state index in [1.165, 1.54) is 0 Å². The molecule has 1 aliphatic rings. The number of hydrogen-bond acceptors (Lipinski definition) is 2. The number of carbonyl (C=O) groups is 1. The molecule has 0 bridgehead atoms. The second-order valence-corrected chi connectivity index (χ2v) is 5.37. The summed E-state index contributed by atoms with van der Waals surface area (Å²) in [6.45, 7) is 11.8. The molecule has 82 valence electrons. The van der Waals surface area contributed by atoms with Crippen LogP contribution in [-0.2, 0) is 4.79 Å². The highest BCUT2D eigenvalue weighted by Crippen LogP contribution is 2.20. The normalized spacial score (nSPS) is 19.0. The van der Waals surface area contributed by atoms with Gasteiger partial charge in [0.15, 0.2) is 0 Å². The van der Waals surface area contributed by atoms with Crippen molar-refractivity contribution in [3.63, 3.8) is 0 Å². The third-order valence-electron chi connectivity index (χ3n) is 2.65. The van der Waals surface area contributed by atoms with Crippen molar-refractivity contribution in [2.24, 2.45) is 17.8 Å². The van der Waals surface area contributed by atoms with Crippen LogP contribution in [0.5, 0.6) is 0 Å². The van der Waals surface area contributed by atoms with Crippen LogP contribution in [0.1, 0.15) is 34.1 Å². The number of carbonyl (C=O) groups excluding carboxylic acids is 1. The minimum absolute atomic E-state index is 0.344. The van der Waals surface area contributed by atoms with E-state index in [4.69, 9.17) is 0 Å². The van der Waals surface area contributed by atoms with Gasteiger partial charge in [0.1, 0.15) is 5.78 Å². The summed E-state index contributed by atoms with van der Waals surface area (Å²) in [5.41, 5.74) is 0. The van der Waals surface area contributed by atoms with Gasteiger partial charge in [-0.05, 0) is 11.8 Å². The standard InChI is InChI=1S/C12H23NO/c1-9(2)5-12(14)11-7-13(8-11)6-10(3)4/h9-11H,5-8H2,1-4H3. The maximum absolute atomic E-state index is 11.6. The summed E-state index contributed by atoms with van der Waals surface area (Å²) in [6.07, 6.45) is 0.764. The molecule has 2 nitrogen and oxygen atoms in total. The Morgan fingerprint density at radius 2 is 1.79 bits per heavy atom. The van der Waals surface area contributed by atoms with E-state index >= 15 is 0 Å². The predicted molar refractivity (Wildman–Crippen MR) is 59.2 cm³/mol. The van der Waals surface area contributed by atoms with E-state index in [1.807, 2.05) is 0 Å². The van der Waals surface area contributed by atoms with E-state index in [9.17, 15) is 4.79 Å². The van der Waals surface area contributed by atoms with Crippen LogP contribution < -0.4 is 0 Å². The minimum atomic E-state index is 0.344. The van der Waals surface area contributed by atoms with Crippen molar-refractivity contribution in [3.05, 3.63) is 0 Å². The average molecular weight is 197 g/mol. The first-order chi connectivity index (χ1) is 6.49. The molecule has 1 heterocycles. The highest BCUT2D eigenvalue weighted by Gasteiger charge is 2.32. The van der Waals surface area contributed by atoms with Crippen molar-refractivity contribution >= 4 is 5.78 Å². The molecule has 0 radical (unpaired) electrons. The number of Topliss-reactive ketones (excluding diaryl/α,β-unsaturated/α-hetero) is 1. The molecule has 1 saturated heterocycles. The predicted octanol–water partition coefficient (Wildman–Crippen LogP) is 2.19. The summed E-state index contributed by atoms with van der Waals surface area (Å²) in [6, 6.07) is 0. The minimum Gasteiger partial charge on any atom is -0.302 e. The van der Waals surface area contributed by atoms with E-state index in [0.717, 1.165) is 32.0 Å². The lowest BCUT2D eigenvalue weighted by molar-refractivity contribution is -0.128. The molecule has 1 aliphatic heterocycles. The van der Waals surface area contributed by atoms with Crippen LogP contribution >= 0.6 is 0 Å². The molecule has 0 aromatic rings. The van der Waals surface area contributed by atoms with E-state index in [2.05, 4.69) is 32.6 Å². The molecule has 1 fully saturated rings. The zero-order valence-electron chi connectivity index (χ0n) is 9.92. The smallest absolute Gasteiger partial charge is 0.138 e. The Morgan fingerprint density at radius 3 is 2.21 bits per heavy atom. The molecule has 2 heteroatoms. The third kappa shape index (κ3) is 3.41. The molecule has 0 amide bonds. The summed E-state index contributed by atoms with van der Waals surface area (Å²) in [5, 5.41) is 0. The molecular weight excluding hydrogens is 174 g/mol. The molecule has 1 rings (SSSR count). The summed E-state index contributed by atoms with van der Waals surface area (Å²) in [4.78, 5) is 14.0. The summed E-state index contributed by atoms with van der Waals surface area (Å²) < 4.78 is 0. The summed E-state index contributed by atoms with van der Waals surface area (Å²) in [5.74, 6) is 2.05. The van der Waals surface area contributed by atoms with Gasteiger partial charge >= 0.3 is 0 Å². The van der Waals surface area contributed by atoms with Gasteiger partial charge in [-0.25, -0.2) is 0 Å². The Morgan fingerprint density at radius 1 is 1.21 bits per heavy atom. The summed E-state index contributed by atoms with van der Waals surface area (Å²) >= 11 is 0. The average Bonchev–Trinajstić information content (AvgIpc) is 1.93. The van der Waals surface area contributed by atoms with Crippen LogP contribution in [0.2, 0.25) is 0 Å². The highest BCUT2D eigenvalue weighted by atomic mass is 16.1. The van der Waals surface area contributed by atoms with Crippen LogP contribution in [-0.4, -0.2) is 30.3 Å². The topological polar surface area (TPSA) is 20.3 Å². The second kappa shape index (κ2) is 4.92. The van der Waals surface area contributed by atoms with Crippen molar-refractivity contribution in [3.8, 4) is 0 Å². The van der Waals surface area contributed by atoms with Crippen molar-refractivity contribution in [2.75, 3.05) is 19.6 Å². The Kier molecular flexibility index (Phi) is 4.11. The van der Waals surface area contributed by atoms with Crippen molar-refractivity contribution in [1.29, 1.82) is 0 Å². The van der Waals surface area contributed by atoms with Gasteiger partial charge in [-0.15, -0.1) is 0 Å². The SMILES string of the molecule is CC(C)CC(=O)C1CN(CC(C)C)C1. The summed E-state index contributed by atoms with van der Waals surface area (Å²) in [7, 11) is 0. The lowest BCUT2D eigenvalue weighted by Crippen LogP contribution is -2.51. The molecule has 0 atom stereocenters.